The maximum Gasteiger partial charge on any atom is 0.160 e. The summed E-state index contributed by atoms with van der Waals surface area (Å²) in [6.07, 6.45) is 7.62. The SMILES string of the molecule is COC1CC(O)CC(c2ccc(C3CC3)c(Cc3ccc4c(c3)CCCC4N(C)C)c2)O1. The zero-order chi connectivity index (χ0) is 22.2. The first-order chi connectivity index (χ1) is 15.5. The molecule has 1 N–H and O–H groups in total. The van der Waals surface area contributed by atoms with Gasteiger partial charge in [-0.25, -0.2) is 0 Å². The second kappa shape index (κ2) is 9.26. The summed E-state index contributed by atoms with van der Waals surface area (Å²) in [4.78, 5) is 2.36. The Morgan fingerprint density at radius 3 is 2.59 bits per heavy atom. The molecule has 0 bridgehead atoms. The fraction of sp³-hybridized carbons (Fsp3) is 0.571. The lowest BCUT2D eigenvalue weighted by atomic mass is 9.84. The average molecular weight is 436 g/mol. The summed E-state index contributed by atoms with van der Waals surface area (Å²) >= 11 is 0. The van der Waals surface area contributed by atoms with Gasteiger partial charge in [-0.05, 0) is 91.9 Å². The molecule has 1 saturated carbocycles. The normalized spacial score (nSPS) is 28.0. The lowest BCUT2D eigenvalue weighted by molar-refractivity contribution is -0.205. The highest BCUT2D eigenvalue weighted by atomic mass is 16.7. The molecule has 1 aliphatic heterocycles. The molecule has 0 spiro atoms. The third kappa shape index (κ3) is 4.65. The summed E-state index contributed by atoms with van der Waals surface area (Å²) in [6, 6.07) is 14.6. The summed E-state index contributed by atoms with van der Waals surface area (Å²) < 4.78 is 11.5. The predicted octanol–water partition coefficient (Wildman–Crippen LogP) is 5.28. The van der Waals surface area contributed by atoms with E-state index in [0.29, 0.717) is 24.8 Å². The second-order valence-electron chi connectivity index (χ2n) is 10.2. The Kier molecular flexibility index (Phi) is 6.39. The zero-order valence-corrected chi connectivity index (χ0v) is 19.7. The van der Waals surface area contributed by atoms with Crippen LogP contribution in [0.4, 0.5) is 0 Å². The smallest absolute Gasteiger partial charge is 0.160 e. The number of ether oxygens (including phenoxy) is 2. The molecule has 1 saturated heterocycles. The van der Waals surface area contributed by atoms with Crippen molar-refractivity contribution in [2.24, 2.45) is 0 Å². The molecule has 172 valence electrons. The number of benzene rings is 2. The first kappa shape index (κ1) is 22.1. The molecule has 1 heterocycles. The fourth-order valence-electron chi connectivity index (χ4n) is 5.71. The topological polar surface area (TPSA) is 41.9 Å². The van der Waals surface area contributed by atoms with Gasteiger partial charge in [0, 0.05) is 26.0 Å². The largest absolute Gasteiger partial charge is 0.393 e. The quantitative estimate of drug-likeness (QED) is 0.670. The van der Waals surface area contributed by atoms with E-state index >= 15 is 0 Å². The van der Waals surface area contributed by atoms with Crippen LogP contribution in [0.2, 0.25) is 0 Å². The van der Waals surface area contributed by atoms with Gasteiger partial charge in [0.05, 0.1) is 12.2 Å². The molecule has 0 amide bonds. The molecule has 3 aliphatic rings. The molecule has 0 aromatic heterocycles. The van der Waals surface area contributed by atoms with Crippen LogP contribution in [-0.4, -0.2) is 43.6 Å². The molecule has 4 nitrogen and oxygen atoms in total. The number of aryl methyl sites for hydroxylation is 1. The molecule has 2 aromatic carbocycles. The minimum atomic E-state index is -0.379. The van der Waals surface area contributed by atoms with Gasteiger partial charge in [0.25, 0.3) is 0 Å². The maximum atomic E-state index is 10.3. The Hall–Kier alpha value is -1.72. The van der Waals surface area contributed by atoms with Gasteiger partial charge in [0.2, 0.25) is 0 Å². The molecular weight excluding hydrogens is 398 g/mol. The third-order valence-corrected chi connectivity index (χ3v) is 7.59. The van der Waals surface area contributed by atoms with E-state index in [0.717, 1.165) is 12.0 Å². The highest BCUT2D eigenvalue weighted by molar-refractivity contribution is 5.43. The van der Waals surface area contributed by atoms with E-state index in [9.17, 15) is 5.11 Å². The van der Waals surface area contributed by atoms with Crippen molar-refractivity contribution in [3.63, 3.8) is 0 Å². The molecule has 2 aliphatic carbocycles. The molecule has 32 heavy (non-hydrogen) atoms. The Balaban J connectivity index is 1.42. The van der Waals surface area contributed by atoms with Crippen molar-refractivity contribution in [1.29, 1.82) is 0 Å². The predicted molar refractivity (Wildman–Crippen MR) is 127 cm³/mol. The summed E-state index contributed by atoms with van der Waals surface area (Å²) in [5.74, 6) is 0.708. The van der Waals surface area contributed by atoms with Crippen LogP contribution in [0.3, 0.4) is 0 Å². The van der Waals surface area contributed by atoms with Crippen LogP contribution in [-0.2, 0) is 22.3 Å². The van der Waals surface area contributed by atoms with Gasteiger partial charge >= 0.3 is 0 Å². The Morgan fingerprint density at radius 1 is 1.03 bits per heavy atom. The Labute approximate surface area is 192 Å². The van der Waals surface area contributed by atoms with Gasteiger partial charge in [-0.1, -0.05) is 36.4 Å². The van der Waals surface area contributed by atoms with E-state index < -0.39 is 0 Å². The number of methoxy groups -OCH3 is 1. The minimum absolute atomic E-state index is 0.111. The van der Waals surface area contributed by atoms with E-state index in [1.807, 2.05) is 0 Å². The number of fused-ring (bicyclic) bond motifs is 1. The van der Waals surface area contributed by atoms with E-state index in [2.05, 4.69) is 55.4 Å². The van der Waals surface area contributed by atoms with Gasteiger partial charge in [-0.15, -0.1) is 0 Å². The maximum absolute atomic E-state index is 10.3. The van der Waals surface area contributed by atoms with E-state index in [1.54, 1.807) is 7.11 Å². The first-order valence-electron chi connectivity index (χ1n) is 12.3. The highest BCUT2D eigenvalue weighted by Gasteiger charge is 2.31. The number of aliphatic hydroxyl groups excluding tert-OH is 1. The van der Waals surface area contributed by atoms with E-state index in [4.69, 9.17) is 9.47 Å². The van der Waals surface area contributed by atoms with E-state index in [1.165, 1.54) is 59.9 Å². The van der Waals surface area contributed by atoms with Gasteiger partial charge < -0.3 is 19.5 Å². The fourth-order valence-corrected chi connectivity index (χ4v) is 5.71. The van der Waals surface area contributed by atoms with Crippen LogP contribution in [0.5, 0.6) is 0 Å². The molecule has 2 fully saturated rings. The number of rotatable bonds is 6. The number of nitrogens with zero attached hydrogens (tertiary/aromatic N) is 1. The van der Waals surface area contributed by atoms with Gasteiger partial charge in [0.15, 0.2) is 6.29 Å². The lowest BCUT2D eigenvalue weighted by Gasteiger charge is -2.33. The van der Waals surface area contributed by atoms with Crippen LogP contribution >= 0.6 is 0 Å². The van der Waals surface area contributed by atoms with Crippen molar-refractivity contribution < 1.29 is 14.6 Å². The van der Waals surface area contributed by atoms with Crippen molar-refractivity contribution in [2.45, 2.75) is 81.8 Å². The Bertz CT molecular complexity index is 952. The van der Waals surface area contributed by atoms with Crippen LogP contribution < -0.4 is 0 Å². The van der Waals surface area contributed by atoms with Crippen LogP contribution in [0.1, 0.15) is 90.0 Å². The Morgan fingerprint density at radius 2 is 1.84 bits per heavy atom. The van der Waals surface area contributed by atoms with Crippen molar-refractivity contribution >= 4 is 0 Å². The molecular formula is C28H37NO3. The molecule has 4 atom stereocenters. The van der Waals surface area contributed by atoms with Gasteiger partial charge in [-0.2, -0.15) is 0 Å². The number of aliphatic hydroxyl groups is 1. The van der Waals surface area contributed by atoms with E-state index in [-0.39, 0.29) is 18.5 Å². The minimum Gasteiger partial charge on any atom is -0.393 e. The van der Waals surface area contributed by atoms with Crippen LogP contribution in [0.15, 0.2) is 36.4 Å². The molecule has 0 radical (unpaired) electrons. The summed E-state index contributed by atoms with van der Waals surface area (Å²) in [5, 5.41) is 10.3. The first-order valence-corrected chi connectivity index (χ1v) is 12.3. The zero-order valence-electron chi connectivity index (χ0n) is 19.7. The summed E-state index contributed by atoms with van der Waals surface area (Å²) in [6.45, 7) is 0. The molecule has 4 heteroatoms. The van der Waals surface area contributed by atoms with Gasteiger partial charge in [-0.3, -0.25) is 0 Å². The van der Waals surface area contributed by atoms with Crippen LogP contribution in [0, 0.1) is 0 Å². The van der Waals surface area contributed by atoms with Crippen molar-refractivity contribution in [2.75, 3.05) is 21.2 Å². The van der Waals surface area contributed by atoms with Gasteiger partial charge in [0.1, 0.15) is 0 Å². The summed E-state index contributed by atoms with van der Waals surface area (Å²) in [7, 11) is 6.04. The highest BCUT2D eigenvalue weighted by Crippen LogP contribution is 2.44. The standard InChI is InChI=1S/C28H37NO3/c1-29(2)26-6-4-5-20-13-18(7-11-25(20)26)14-22-15-21(10-12-24(22)19-8-9-19)27-16-23(30)17-28(31-3)32-27/h7,10-13,15,19,23,26-28,30H,4-6,8-9,14,16-17H2,1-3H3. The number of hydrogen-bond acceptors (Lipinski definition) is 4. The van der Waals surface area contributed by atoms with Crippen molar-refractivity contribution in [3.05, 3.63) is 69.8 Å². The summed E-state index contributed by atoms with van der Waals surface area (Å²) in [5.41, 5.74) is 8.52. The van der Waals surface area contributed by atoms with Crippen molar-refractivity contribution in [3.8, 4) is 0 Å². The monoisotopic (exact) mass is 435 g/mol. The second-order valence-corrected chi connectivity index (χ2v) is 10.2. The lowest BCUT2D eigenvalue weighted by Crippen LogP contribution is -2.32. The van der Waals surface area contributed by atoms with Crippen molar-refractivity contribution in [1.82, 2.24) is 4.90 Å². The number of hydrogen-bond donors (Lipinski definition) is 1. The average Bonchev–Trinajstić information content (AvgIpc) is 3.63. The molecule has 5 rings (SSSR count). The van der Waals surface area contributed by atoms with Crippen LogP contribution in [0.25, 0.3) is 0 Å². The molecule has 2 aromatic rings. The molecule has 4 unspecified atom stereocenters. The third-order valence-electron chi connectivity index (χ3n) is 7.59.